The molecule has 43 heavy (non-hydrogen) atoms. The van der Waals surface area contributed by atoms with Gasteiger partial charge in [-0.1, -0.05) is 18.2 Å². The van der Waals surface area contributed by atoms with Crippen LogP contribution in [0.2, 0.25) is 0 Å². The molecule has 0 saturated carbocycles. The first kappa shape index (κ1) is 28.6. The number of aromatic nitrogens is 5. The number of alkyl halides is 3. The van der Waals surface area contributed by atoms with E-state index in [4.69, 9.17) is 10.5 Å². The van der Waals surface area contributed by atoms with Gasteiger partial charge in [0.05, 0.1) is 23.0 Å². The maximum Gasteiger partial charge on any atom is 0.416 e. The van der Waals surface area contributed by atoms with Crippen molar-refractivity contribution in [1.29, 1.82) is 0 Å². The van der Waals surface area contributed by atoms with Gasteiger partial charge in [0, 0.05) is 56.7 Å². The molecule has 1 amide bonds. The van der Waals surface area contributed by atoms with Gasteiger partial charge in [-0.25, -0.2) is 15.0 Å². The molecule has 0 unspecified atom stereocenters. The fraction of sp³-hybridized carbons (Fsp3) is 0.276. The molecule has 2 N–H and O–H groups in total. The summed E-state index contributed by atoms with van der Waals surface area (Å²) in [6.45, 7) is 5.37. The van der Waals surface area contributed by atoms with E-state index >= 15 is 0 Å². The zero-order valence-corrected chi connectivity index (χ0v) is 23.8. The number of halogens is 3. The van der Waals surface area contributed by atoms with Crippen molar-refractivity contribution in [2.75, 3.05) is 31.1 Å². The lowest BCUT2D eigenvalue weighted by Gasteiger charge is -2.34. The molecule has 1 aliphatic heterocycles. The standard InChI is InChI=1S/C29H27F3N8O2S/c1-18(20-5-2-3-6-21(20)29(30,31)32)42-24-14-25(43-26(24)27(33)41)40-17-37-22-15-36-19(13-23(22)40)16-38-9-11-39(12-10-38)28-34-7-4-8-35-28/h2-8,13-15,17-18H,9-12,16H2,1H3,(H2,33,41)/t18-/m1/s1. The normalized spacial score (nSPS) is 15.1. The van der Waals surface area contributed by atoms with E-state index in [1.54, 1.807) is 41.6 Å². The Labute approximate surface area is 248 Å². The Morgan fingerprint density at radius 1 is 1.05 bits per heavy atom. The first-order valence-corrected chi connectivity index (χ1v) is 14.3. The highest BCUT2D eigenvalue weighted by molar-refractivity contribution is 7.16. The van der Waals surface area contributed by atoms with Crippen molar-refractivity contribution >= 4 is 34.2 Å². The van der Waals surface area contributed by atoms with Gasteiger partial charge >= 0.3 is 6.18 Å². The number of nitrogens with zero attached hydrogens (tertiary/aromatic N) is 7. The number of thiophene rings is 1. The quantitative estimate of drug-likeness (QED) is 0.266. The van der Waals surface area contributed by atoms with Gasteiger partial charge in [-0.05, 0) is 25.1 Å². The molecule has 6 rings (SSSR count). The summed E-state index contributed by atoms with van der Waals surface area (Å²) in [4.78, 5) is 34.6. The molecule has 14 heteroatoms. The predicted molar refractivity (Wildman–Crippen MR) is 155 cm³/mol. The number of primary amides is 1. The number of hydrogen-bond acceptors (Lipinski definition) is 9. The number of benzene rings is 1. The topological polar surface area (TPSA) is 115 Å². The average Bonchev–Trinajstić information content (AvgIpc) is 3.61. The minimum Gasteiger partial charge on any atom is -0.484 e. The minimum atomic E-state index is -4.55. The second kappa shape index (κ2) is 11.6. The number of pyridine rings is 1. The number of ether oxygens (including phenoxy) is 1. The summed E-state index contributed by atoms with van der Waals surface area (Å²) >= 11 is 1.08. The van der Waals surface area contributed by atoms with Gasteiger partial charge < -0.3 is 15.4 Å². The molecule has 1 saturated heterocycles. The first-order valence-electron chi connectivity index (χ1n) is 13.5. The van der Waals surface area contributed by atoms with Gasteiger partial charge in [0.2, 0.25) is 5.95 Å². The molecule has 5 heterocycles. The predicted octanol–water partition coefficient (Wildman–Crippen LogP) is 4.85. The second-order valence-corrected chi connectivity index (χ2v) is 11.1. The van der Waals surface area contributed by atoms with Crippen molar-refractivity contribution in [3.63, 3.8) is 0 Å². The van der Waals surface area contributed by atoms with Crippen LogP contribution in [0, 0.1) is 0 Å². The van der Waals surface area contributed by atoms with Gasteiger partial charge in [0.25, 0.3) is 5.91 Å². The van der Waals surface area contributed by atoms with Crippen LogP contribution in [0.1, 0.15) is 39.5 Å². The average molecular weight is 609 g/mol. The maximum atomic E-state index is 13.6. The summed E-state index contributed by atoms with van der Waals surface area (Å²) in [5.74, 6) is 0.0851. The van der Waals surface area contributed by atoms with Gasteiger partial charge in [0.15, 0.2) is 0 Å². The largest absolute Gasteiger partial charge is 0.484 e. The number of rotatable bonds is 8. The summed E-state index contributed by atoms with van der Waals surface area (Å²) in [6.07, 6.45) is 1.23. The van der Waals surface area contributed by atoms with Gasteiger partial charge in [-0.3, -0.25) is 19.2 Å². The molecule has 4 aromatic heterocycles. The second-order valence-electron chi connectivity index (χ2n) is 10.1. The van der Waals surface area contributed by atoms with Crippen molar-refractivity contribution in [2.24, 2.45) is 5.73 Å². The highest BCUT2D eigenvalue weighted by Crippen LogP contribution is 2.39. The monoisotopic (exact) mass is 608 g/mol. The molecule has 1 aliphatic rings. The Kier molecular flexibility index (Phi) is 7.71. The zero-order valence-electron chi connectivity index (χ0n) is 23.0. The lowest BCUT2D eigenvalue weighted by molar-refractivity contribution is -0.139. The molecular formula is C29H27F3N8O2S. The van der Waals surface area contributed by atoms with Gasteiger partial charge in [-0.15, -0.1) is 11.3 Å². The molecule has 0 aliphatic carbocycles. The maximum absolute atomic E-state index is 13.6. The third-order valence-electron chi connectivity index (χ3n) is 7.24. The Morgan fingerprint density at radius 2 is 1.79 bits per heavy atom. The fourth-order valence-electron chi connectivity index (χ4n) is 5.11. The fourth-order valence-corrected chi connectivity index (χ4v) is 6.04. The molecule has 1 atom stereocenters. The van der Waals surface area contributed by atoms with Crippen LogP contribution in [0.25, 0.3) is 16.0 Å². The number of anilines is 1. The molecule has 222 valence electrons. The van der Waals surface area contributed by atoms with Crippen LogP contribution in [0.5, 0.6) is 5.75 Å². The molecule has 1 aromatic carbocycles. The highest BCUT2D eigenvalue weighted by atomic mass is 32.1. The first-order chi connectivity index (χ1) is 20.7. The molecule has 0 spiro atoms. The number of nitrogens with two attached hydrogens (primary N) is 1. The van der Waals surface area contributed by atoms with E-state index in [9.17, 15) is 18.0 Å². The van der Waals surface area contributed by atoms with E-state index in [0.717, 1.165) is 60.7 Å². The number of hydrogen-bond donors (Lipinski definition) is 1. The highest BCUT2D eigenvalue weighted by Gasteiger charge is 2.35. The number of amides is 1. The summed E-state index contributed by atoms with van der Waals surface area (Å²) in [5, 5.41) is 0.580. The minimum absolute atomic E-state index is 0.0425. The van der Waals surface area contributed by atoms with E-state index in [-0.39, 0.29) is 16.2 Å². The van der Waals surface area contributed by atoms with Crippen LogP contribution >= 0.6 is 11.3 Å². The third kappa shape index (κ3) is 6.01. The molecule has 10 nitrogen and oxygen atoms in total. The molecule has 0 radical (unpaired) electrons. The third-order valence-corrected chi connectivity index (χ3v) is 8.37. The van der Waals surface area contributed by atoms with Crippen LogP contribution < -0.4 is 15.4 Å². The van der Waals surface area contributed by atoms with Gasteiger partial charge in [0.1, 0.15) is 33.6 Å². The summed E-state index contributed by atoms with van der Waals surface area (Å²) < 4.78 is 48.5. The number of piperazine rings is 1. The number of imidazole rings is 1. The summed E-state index contributed by atoms with van der Waals surface area (Å²) in [7, 11) is 0. The van der Waals surface area contributed by atoms with E-state index in [2.05, 4.69) is 29.7 Å². The Morgan fingerprint density at radius 3 is 2.51 bits per heavy atom. The zero-order chi connectivity index (χ0) is 30.1. The van der Waals surface area contributed by atoms with E-state index in [1.807, 2.05) is 6.07 Å². The van der Waals surface area contributed by atoms with Crippen molar-refractivity contribution < 1.29 is 22.7 Å². The van der Waals surface area contributed by atoms with Crippen LogP contribution in [0.3, 0.4) is 0 Å². The van der Waals surface area contributed by atoms with Gasteiger partial charge in [-0.2, -0.15) is 13.2 Å². The summed E-state index contributed by atoms with van der Waals surface area (Å²) in [6, 6.07) is 10.5. The molecular weight excluding hydrogens is 581 g/mol. The smallest absolute Gasteiger partial charge is 0.416 e. The van der Waals surface area contributed by atoms with Crippen molar-refractivity contribution in [1.82, 2.24) is 29.4 Å². The Bertz CT molecular complexity index is 1750. The Balaban J connectivity index is 1.22. The van der Waals surface area contributed by atoms with Crippen LogP contribution in [-0.2, 0) is 12.7 Å². The van der Waals surface area contributed by atoms with Crippen LogP contribution in [0.4, 0.5) is 19.1 Å². The lowest BCUT2D eigenvalue weighted by atomic mass is 10.0. The van der Waals surface area contributed by atoms with E-state index in [0.29, 0.717) is 17.1 Å². The number of carbonyl (C=O) groups is 1. The molecule has 1 fully saturated rings. The summed E-state index contributed by atoms with van der Waals surface area (Å²) in [5.41, 5.74) is 7.07. The Hall–Kier alpha value is -4.56. The number of fused-ring (bicyclic) bond motifs is 1. The lowest BCUT2D eigenvalue weighted by Crippen LogP contribution is -2.46. The van der Waals surface area contributed by atoms with Crippen LogP contribution in [0.15, 0.2) is 67.4 Å². The SMILES string of the molecule is C[C@@H](Oc1cc(-n2cnc3cnc(CN4CCN(c5ncccn5)CC4)cc32)sc1C(N)=O)c1ccccc1C(F)(F)F. The van der Waals surface area contributed by atoms with Crippen LogP contribution in [-0.4, -0.2) is 61.5 Å². The van der Waals surface area contributed by atoms with Crippen molar-refractivity contribution in [2.45, 2.75) is 25.7 Å². The van der Waals surface area contributed by atoms with E-state index in [1.165, 1.54) is 25.1 Å². The van der Waals surface area contributed by atoms with Crippen molar-refractivity contribution in [3.8, 4) is 10.8 Å². The van der Waals surface area contributed by atoms with E-state index < -0.39 is 23.8 Å². The molecule has 5 aromatic rings. The van der Waals surface area contributed by atoms with Crippen molar-refractivity contribution in [3.05, 3.63) is 89.1 Å². The molecule has 0 bridgehead atoms. The number of carbonyl (C=O) groups excluding carboxylic acids is 1.